The van der Waals surface area contributed by atoms with Crippen molar-refractivity contribution in [2.24, 2.45) is 0 Å². The van der Waals surface area contributed by atoms with Gasteiger partial charge in [0.15, 0.2) is 5.65 Å². The van der Waals surface area contributed by atoms with Crippen LogP contribution in [0, 0.1) is 6.92 Å². The summed E-state index contributed by atoms with van der Waals surface area (Å²) in [6, 6.07) is 17.5. The number of nitrogens with zero attached hydrogens (tertiary/aromatic N) is 3. The molecule has 1 aliphatic heterocycles. The van der Waals surface area contributed by atoms with Gasteiger partial charge in [0, 0.05) is 24.3 Å². The Balaban J connectivity index is 1.78. The van der Waals surface area contributed by atoms with Gasteiger partial charge in [0.05, 0.1) is 17.0 Å². The van der Waals surface area contributed by atoms with Crippen LogP contribution >= 0.6 is 0 Å². The monoisotopic (exact) mass is 399 g/mol. The Morgan fingerprint density at radius 1 is 0.933 bits per heavy atom. The van der Waals surface area contributed by atoms with Crippen LogP contribution in [-0.4, -0.2) is 27.7 Å². The Kier molecular flexibility index (Phi) is 4.54. The number of aromatic amines is 1. The highest BCUT2D eigenvalue weighted by Crippen LogP contribution is 2.35. The van der Waals surface area contributed by atoms with Crippen molar-refractivity contribution in [3.05, 3.63) is 70.6 Å². The van der Waals surface area contributed by atoms with E-state index in [1.807, 2.05) is 49.4 Å². The first-order chi connectivity index (χ1) is 14.6. The van der Waals surface area contributed by atoms with Crippen LogP contribution in [0.1, 0.15) is 25.0 Å². The third-order valence-electron chi connectivity index (χ3n) is 5.87. The number of benzene rings is 2. The summed E-state index contributed by atoms with van der Waals surface area (Å²) in [6.45, 7) is 3.85. The molecule has 4 aromatic rings. The molecule has 1 aliphatic rings. The maximum atomic E-state index is 13.6. The van der Waals surface area contributed by atoms with Gasteiger partial charge in [-0.25, -0.2) is 4.98 Å². The molecule has 6 nitrogen and oxygen atoms in total. The number of aryl methyl sites for hydroxylation is 1. The fourth-order valence-electron chi connectivity index (χ4n) is 4.37. The lowest BCUT2D eigenvalue weighted by atomic mass is 10.1. The molecule has 1 fully saturated rings. The van der Waals surface area contributed by atoms with Gasteiger partial charge in [-0.3, -0.25) is 9.89 Å². The van der Waals surface area contributed by atoms with E-state index in [-0.39, 0.29) is 5.56 Å². The summed E-state index contributed by atoms with van der Waals surface area (Å²) >= 11 is 0. The number of nitrogens with two attached hydrogens (primary N) is 1. The van der Waals surface area contributed by atoms with Gasteiger partial charge in [-0.1, -0.05) is 42.5 Å². The van der Waals surface area contributed by atoms with Crippen LogP contribution in [0.3, 0.4) is 0 Å². The summed E-state index contributed by atoms with van der Waals surface area (Å²) in [5.74, 6) is 0. The maximum Gasteiger partial charge on any atom is 0.280 e. The van der Waals surface area contributed by atoms with Crippen molar-refractivity contribution in [3.63, 3.8) is 0 Å². The first kappa shape index (κ1) is 18.5. The third-order valence-corrected chi connectivity index (χ3v) is 5.87. The minimum Gasteiger partial charge on any atom is -0.399 e. The molecule has 0 bridgehead atoms. The van der Waals surface area contributed by atoms with Crippen LogP contribution in [0.5, 0.6) is 0 Å². The van der Waals surface area contributed by atoms with Gasteiger partial charge in [0.25, 0.3) is 5.56 Å². The number of rotatable bonds is 3. The topological polar surface area (TPSA) is 79.4 Å². The van der Waals surface area contributed by atoms with Gasteiger partial charge in [-0.2, -0.15) is 4.52 Å². The van der Waals surface area contributed by atoms with E-state index in [4.69, 9.17) is 10.7 Å². The van der Waals surface area contributed by atoms with E-state index in [1.54, 1.807) is 4.52 Å². The molecule has 30 heavy (non-hydrogen) atoms. The standard InChI is InChI=1S/C24H25N5O/c1-16-20(17-10-12-19(25)13-11-17)24(30)29-23(26-16)22(28-14-6-3-7-15-28)21(27-29)18-8-4-2-5-9-18/h2,4-5,8-13,27H,3,6-7,14-15,25H2,1H3. The molecule has 0 unspecified atom stereocenters. The van der Waals surface area contributed by atoms with Crippen LogP contribution in [0.2, 0.25) is 0 Å². The van der Waals surface area contributed by atoms with Crippen LogP contribution in [0.15, 0.2) is 59.4 Å². The Morgan fingerprint density at radius 3 is 2.33 bits per heavy atom. The minimum atomic E-state index is -0.0947. The van der Waals surface area contributed by atoms with Crippen molar-refractivity contribution in [2.75, 3.05) is 23.7 Å². The predicted molar refractivity (Wildman–Crippen MR) is 122 cm³/mol. The molecule has 5 rings (SSSR count). The van der Waals surface area contributed by atoms with E-state index >= 15 is 0 Å². The van der Waals surface area contributed by atoms with Gasteiger partial charge in [-0.15, -0.1) is 0 Å². The Hall–Kier alpha value is -3.54. The van der Waals surface area contributed by atoms with Crippen molar-refractivity contribution in [1.29, 1.82) is 0 Å². The van der Waals surface area contributed by atoms with Gasteiger partial charge in [0.2, 0.25) is 0 Å². The van der Waals surface area contributed by atoms with Crippen LogP contribution in [-0.2, 0) is 0 Å². The lowest BCUT2D eigenvalue weighted by molar-refractivity contribution is 0.579. The zero-order valence-corrected chi connectivity index (χ0v) is 17.1. The molecule has 152 valence electrons. The number of fused-ring (bicyclic) bond motifs is 1. The second kappa shape index (κ2) is 7.37. The molecule has 0 radical (unpaired) electrons. The van der Waals surface area contributed by atoms with E-state index in [9.17, 15) is 4.79 Å². The number of piperidine rings is 1. The van der Waals surface area contributed by atoms with Crippen molar-refractivity contribution in [3.8, 4) is 22.4 Å². The average Bonchev–Trinajstić information content (AvgIpc) is 3.16. The molecule has 0 atom stereocenters. The largest absolute Gasteiger partial charge is 0.399 e. The number of nitrogens with one attached hydrogen (secondary N) is 1. The van der Waals surface area contributed by atoms with Gasteiger partial charge in [-0.05, 0) is 43.9 Å². The molecule has 0 amide bonds. The lowest BCUT2D eigenvalue weighted by Crippen LogP contribution is -2.30. The van der Waals surface area contributed by atoms with Gasteiger partial charge >= 0.3 is 0 Å². The van der Waals surface area contributed by atoms with Crippen molar-refractivity contribution in [2.45, 2.75) is 26.2 Å². The molecule has 1 saturated heterocycles. The lowest BCUT2D eigenvalue weighted by Gasteiger charge is -2.28. The molecular weight excluding hydrogens is 374 g/mol. The smallest absolute Gasteiger partial charge is 0.280 e. The zero-order chi connectivity index (χ0) is 20.7. The normalized spacial score (nSPS) is 14.4. The molecule has 0 saturated carbocycles. The van der Waals surface area contributed by atoms with Crippen molar-refractivity contribution < 1.29 is 0 Å². The number of nitrogen functional groups attached to an aromatic ring is 1. The second-order valence-electron chi connectivity index (χ2n) is 7.91. The molecule has 3 N–H and O–H groups in total. The van der Waals surface area contributed by atoms with E-state index in [0.717, 1.165) is 54.1 Å². The molecule has 2 aromatic carbocycles. The van der Waals surface area contributed by atoms with E-state index in [2.05, 4.69) is 22.1 Å². The van der Waals surface area contributed by atoms with E-state index in [0.29, 0.717) is 16.9 Å². The maximum absolute atomic E-state index is 13.6. The Morgan fingerprint density at radius 2 is 1.63 bits per heavy atom. The highest BCUT2D eigenvalue weighted by molar-refractivity contribution is 5.87. The third kappa shape index (κ3) is 3.05. The minimum absolute atomic E-state index is 0.0947. The van der Waals surface area contributed by atoms with Crippen molar-refractivity contribution >= 4 is 17.0 Å². The summed E-state index contributed by atoms with van der Waals surface area (Å²) in [6.07, 6.45) is 3.55. The molecule has 3 heterocycles. The van der Waals surface area contributed by atoms with Gasteiger partial charge < -0.3 is 10.6 Å². The average molecular weight is 399 g/mol. The van der Waals surface area contributed by atoms with Crippen LogP contribution in [0.25, 0.3) is 28.0 Å². The fourth-order valence-corrected chi connectivity index (χ4v) is 4.37. The molecular formula is C24H25N5O. The second-order valence-corrected chi connectivity index (χ2v) is 7.91. The number of aromatic nitrogens is 3. The summed E-state index contributed by atoms with van der Waals surface area (Å²) in [5.41, 5.74) is 12.3. The zero-order valence-electron chi connectivity index (χ0n) is 17.1. The predicted octanol–water partition coefficient (Wildman–Crippen LogP) is 4.24. The van der Waals surface area contributed by atoms with E-state index in [1.165, 1.54) is 6.42 Å². The number of anilines is 2. The first-order valence-electron chi connectivity index (χ1n) is 10.4. The summed E-state index contributed by atoms with van der Waals surface area (Å²) in [5, 5.41) is 3.37. The number of hydrogen-bond acceptors (Lipinski definition) is 4. The van der Waals surface area contributed by atoms with Gasteiger partial charge in [0.1, 0.15) is 5.69 Å². The summed E-state index contributed by atoms with van der Waals surface area (Å²) in [7, 11) is 0. The molecule has 0 aliphatic carbocycles. The highest BCUT2D eigenvalue weighted by Gasteiger charge is 2.24. The summed E-state index contributed by atoms with van der Waals surface area (Å²) < 4.78 is 1.60. The SMILES string of the molecule is Cc1nc2c(N3CCCCC3)c(-c3ccccc3)[nH]n2c(=O)c1-c1ccc(N)cc1. The van der Waals surface area contributed by atoms with Crippen LogP contribution in [0.4, 0.5) is 11.4 Å². The fraction of sp³-hybridized carbons (Fsp3) is 0.250. The number of H-pyrrole nitrogens is 1. The molecule has 0 spiro atoms. The molecule has 2 aromatic heterocycles. The Bertz CT molecular complexity index is 1250. The quantitative estimate of drug-likeness (QED) is 0.505. The van der Waals surface area contributed by atoms with E-state index < -0.39 is 0 Å². The first-order valence-corrected chi connectivity index (χ1v) is 10.4. The summed E-state index contributed by atoms with van der Waals surface area (Å²) in [4.78, 5) is 20.8. The highest BCUT2D eigenvalue weighted by atomic mass is 16.1. The van der Waals surface area contributed by atoms with Crippen molar-refractivity contribution in [1.82, 2.24) is 14.6 Å². The van der Waals surface area contributed by atoms with Crippen LogP contribution < -0.4 is 16.2 Å². The number of hydrogen-bond donors (Lipinski definition) is 2. The molecule has 6 heteroatoms. The Labute approximate surface area is 175 Å².